The summed E-state index contributed by atoms with van der Waals surface area (Å²) in [5.74, 6) is 0.654. The highest BCUT2D eigenvalue weighted by atomic mass is 16.4. The molecular weight excluding hydrogens is 320 g/mol. The monoisotopic (exact) mass is 338 g/mol. The molecule has 0 aliphatic carbocycles. The smallest absolute Gasteiger partial charge is 0.321 e. The maximum atomic E-state index is 11.7. The van der Waals surface area contributed by atoms with Crippen molar-refractivity contribution in [1.82, 2.24) is 20.1 Å². The van der Waals surface area contributed by atoms with Crippen LogP contribution in [0.25, 0.3) is 11.3 Å². The number of hydrogen-bond donors (Lipinski definition) is 2. The van der Waals surface area contributed by atoms with Crippen molar-refractivity contribution in [3.63, 3.8) is 0 Å². The first-order chi connectivity index (χ1) is 12.1. The van der Waals surface area contributed by atoms with Crippen LogP contribution in [0.5, 0.6) is 0 Å². The Labute approximate surface area is 144 Å². The summed E-state index contributed by atoms with van der Waals surface area (Å²) < 4.78 is 7.50. The number of amides is 2. The van der Waals surface area contributed by atoms with Gasteiger partial charge in [-0.05, 0) is 31.2 Å². The Hall–Kier alpha value is -3.29. The molecule has 4 rings (SSSR count). The summed E-state index contributed by atoms with van der Waals surface area (Å²) in [5.41, 5.74) is 3.48. The zero-order valence-corrected chi connectivity index (χ0v) is 14.0. The minimum Gasteiger partial charge on any atom is -0.423 e. The average Bonchev–Trinajstić information content (AvgIpc) is 3.30. The number of nitrogens with zero attached hydrogens (tertiary/aromatic N) is 4. The number of rotatable bonds is 4. The molecule has 0 radical (unpaired) electrons. The van der Waals surface area contributed by atoms with Gasteiger partial charge in [0.25, 0.3) is 6.01 Å². The van der Waals surface area contributed by atoms with Crippen molar-refractivity contribution in [2.45, 2.75) is 6.92 Å². The highest BCUT2D eigenvalue weighted by Gasteiger charge is 2.21. The second kappa shape index (κ2) is 5.97. The lowest BCUT2D eigenvalue weighted by Gasteiger charge is -2.14. The molecule has 0 saturated carbocycles. The molecule has 2 N–H and O–H groups in total. The third-order valence-corrected chi connectivity index (χ3v) is 4.08. The van der Waals surface area contributed by atoms with Crippen molar-refractivity contribution in [1.29, 1.82) is 0 Å². The molecule has 2 amide bonds. The Morgan fingerprint density at radius 3 is 2.72 bits per heavy atom. The normalized spacial score (nSPS) is 14.0. The average molecular weight is 338 g/mol. The van der Waals surface area contributed by atoms with Crippen molar-refractivity contribution in [3.8, 4) is 11.3 Å². The molecule has 1 saturated heterocycles. The number of aromatic nitrogens is 3. The van der Waals surface area contributed by atoms with E-state index < -0.39 is 0 Å². The Morgan fingerprint density at radius 2 is 2.08 bits per heavy atom. The van der Waals surface area contributed by atoms with Gasteiger partial charge in [0, 0.05) is 37.6 Å². The molecule has 0 spiro atoms. The molecule has 128 valence electrons. The predicted molar refractivity (Wildman–Crippen MR) is 93.9 cm³/mol. The van der Waals surface area contributed by atoms with Gasteiger partial charge < -0.3 is 15.1 Å². The van der Waals surface area contributed by atoms with E-state index in [0.717, 1.165) is 22.6 Å². The molecule has 1 aliphatic rings. The number of benzene rings is 1. The number of oxazole rings is 1. The van der Waals surface area contributed by atoms with Crippen molar-refractivity contribution >= 4 is 23.4 Å². The van der Waals surface area contributed by atoms with Gasteiger partial charge in [-0.25, -0.2) is 9.78 Å². The van der Waals surface area contributed by atoms with E-state index in [0.29, 0.717) is 24.9 Å². The fourth-order valence-corrected chi connectivity index (χ4v) is 2.83. The van der Waals surface area contributed by atoms with Gasteiger partial charge in [-0.2, -0.15) is 5.10 Å². The van der Waals surface area contributed by atoms with Gasteiger partial charge in [0.15, 0.2) is 5.76 Å². The minimum atomic E-state index is -0.0641. The van der Waals surface area contributed by atoms with Gasteiger partial charge in [0.1, 0.15) is 0 Å². The van der Waals surface area contributed by atoms with Crippen LogP contribution in [0.1, 0.15) is 5.69 Å². The summed E-state index contributed by atoms with van der Waals surface area (Å²) in [7, 11) is 1.86. The van der Waals surface area contributed by atoms with Gasteiger partial charge >= 0.3 is 6.03 Å². The van der Waals surface area contributed by atoms with Gasteiger partial charge in [-0.1, -0.05) is 0 Å². The molecule has 0 bridgehead atoms. The molecular formula is C17H18N6O2. The largest absolute Gasteiger partial charge is 0.423 e. The lowest BCUT2D eigenvalue weighted by atomic mass is 10.1. The highest BCUT2D eigenvalue weighted by molar-refractivity contribution is 5.94. The summed E-state index contributed by atoms with van der Waals surface area (Å²) in [6.07, 6.45) is 3.54. The van der Waals surface area contributed by atoms with Gasteiger partial charge in [-0.15, -0.1) is 0 Å². The Kier molecular flexibility index (Phi) is 3.64. The van der Waals surface area contributed by atoms with Crippen LogP contribution in [0.4, 0.5) is 22.2 Å². The van der Waals surface area contributed by atoms with Crippen molar-refractivity contribution < 1.29 is 9.21 Å². The SMILES string of the molecule is Cc1nn(C)cc1Nc1ncc(-c2ccc(N3CCNC3=O)cc2)o1. The molecule has 0 atom stereocenters. The topological polar surface area (TPSA) is 88.2 Å². The maximum Gasteiger partial charge on any atom is 0.321 e. The summed E-state index contributed by atoms with van der Waals surface area (Å²) in [6.45, 7) is 3.27. The van der Waals surface area contributed by atoms with Gasteiger partial charge in [-0.3, -0.25) is 9.58 Å². The molecule has 1 fully saturated rings. The van der Waals surface area contributed by atoms with E-state index in [1.165, 1.54) is 0 Å². The van der Waals surface area contributed by atoms with Crippen LogP contribution in [0.2, 0.25) is 0 Å². The lowest BCUT2D eigenvalue weighted by molar-refractivity contribution is 0.252. The number of hydrogen-bond acceptors (Lipinski definition) is 5. The lowest BCUT2D eigenvalue weighted by Crippen LogP contribution is -2.27. The fourth-order valence-electron chi connectivity index (χ4n) is 2.83. The number of anilines is 3. The molecule has 1 aliphatic heterocycles. The van der Waals surface area contributed by atoms with Crippen LogP contribution in [0.3, 0.4) is 0 Å². The van der Waals surface area contributed by atoms with Crippen LogP contribution in [0.15, 0.2) is 41.1 Å². The van der Waals surface area contributed by atoms with Crippen molar-refractivity contribution in [2.75, 3.05) is 23.3 Å². The molecule has 2 aromatic heterocycles. The number of aryl methyl sites for hydroxylation is 2. The Bertz CT molecular complexity index is 912. The summed E-state index contributed by atoms with van der Waals surface area (Å²) >= 11 is 0. The van der Waals surface area contributed by atoms with E-state index in [1.54, 1.807) is 15.8 Å². The zero-order valence-electron chi connectivity index (χ0n) is 14.0. The zero-order chi connectivity index (χ0) is 17.4. The van der Waals surface area contributed by atoms with Crippen LogP contribution in [-0.4, -0.2) is 33.9 Å². The van der Waals surface area contributed by atoms with E-state index in [2.05, 4.69) is 20.7 Å². The van der Waals surface area contributed by atoms with E-state index >= 15 is 0 Å². The maximum absolute atomic E-state index is 11.7. The Balaban J connectivity index is 1.52. The second-order valence-electron chi connectivity index (χ2n) is 5.89. The molecule has 1 aromatic carbocycles. The van der Waals surface area contributed by atoms with Crippen LogP contribution in [-0.2, 0) is 7.05 Å². The van der Waals surface area contributed by atoms with Gasteiger partial charge in [0.2, 0.25) is 0 Å². The Morgan fingerprint density at radius 1 is 1.28 bits per heavy atom. The molecule has 3 aromatic rings. The highest BCUT2D eigenvalue weighted by Crippen LogP contribution is 2.27. The molecule has 8 nitrogen and oxygen atoms in total. The van der Waals surface area contributed by atoms with E-state index in [-0.39, 0.29) is 6.03 Å². The molecule has 8 heteroatoms. The summed E-state index contributed by atoms with van der Waals surface area (Å²) in [6, 6.07) is 7.99. The first-order valence-corrected chi connectivity index (χ1v) is 7.99. The number of carbonyl (C=O) groups is 1. The number of carbonyl (C=O) groups excluding carboxylic acids is 1. The minimum absolute atomic E-state index is 0.0641. The second-order valence-corrected chi connectivity index (χ2v) is 5.89. The van der Waals surface area contributed by atoms with Gasteiger partial charge in [0.05, 0.1) is 17.6 Å². The quantitative estimate of drug-likeness (QED) is 0.763. The fraction of sp³-hybridized carbons (Fsp3) is 0.235. The van der Waals surface area contributed by atoms with Crippen LogP contribution in [0, 0.1) is 6.92 Å². The molecule has 0 unspecified atom stereocenters. The first kappa shape index (κ1) is 15.3. The van der Waals surface area contributed by atoms with Crippen molar-refractivity contribution in [2.24, 2.45) is 7.05 Å². The summed E-state index contributed by atoms with van der Waals surface area (Å²) in [4.78, 5) is 17.7. The van der Waals surface area contributed by atoms with Crippen LogP contribution < -0.4 is 15.5 Å². The molecule has 3 heterocycles. The number of nitrogens with one attached hydrogen (secondary N) is 2. The van der Waals surface area contributed by atoms with E-state index in [1.807, 2.05) is 44.4 Å². The molecule has 25 heavy (non-hydrogen) atoms. The predicted octanol–water partition coefficient (Wildman–Crippen LogP) is 2.66. The standard InChI is InChI=1S/C17H18N6O2/c1-11-14(10-22(2)21-11)20-16-19-9-15(25-16)12-3-5-13(6-4-12)23-8-7-18-17(23)24/h3-6,9-10H,7-8H2,1-2H3,(H,18,24)(H,19,20). The van der Waals surface area contributed by atoms with E-state index in [4.69, 9.17) is 4.42 Å². The summed E-state index contributed by atoms with van der Waals surface area (Å²) in [5, 5.41) is 10.2. The third-order valence-electron chi connectivity index (χ3n) is 4.08. The van der Waals surface area contributed by atoms with Crippen LogP contribution >= 0.6 is 0 Å². The van der Waals surface area contributed by atoms with E-state index in [9.17, 15) is 4.79 Å². The third kappa shape index (κ3) is 2.93. The van der Waals surface area contributed by atoms with Crippen molar-refractivity contribution in [3.05, 3.63) is 42.4 Å². The first-order valence-electron chi connectivity index (χ1n) is 7.99. The number of urea groups is 1.